The summed E-state index contributed by atoms with van der Waals surface area (Å²) < 4.78 is 5.62. The SMILES string of the molecule is CC(OCC1CC1)C(=O)NC1NNC(c2ccncc2)C1C. The van der Waals surface area contributed by atoms with Gasteiger partial charge in [-0.15, -0.1) is 0 Å². The summed E-state index contributed by atoms with van der Waals surface area (Å²) in [4.78, 5) is 16.2. The molecular formula is C16H24N4O2. The van der Waals surface area contributed by atoms with Crippen LogP contribution in [0.25, 0.3) is 0 Å². The number of rotatable bonds is 6. The van der Waals surface area contributed by atoms with Gasteiger partial charge in [-0.2, -0.15) is 0 Å². The molecule has 1 aromatic rings. The number of carbonyl (C=O) groups is 1. The summed E-state index contributed by atoms with van der Waals surface area (Å²) in [7, 11) is 0. The van der Waals surface area contributed by atoms with Gasteiger partial charge < -0.3 is 10.1 Å². The molecule has 4 atom stereocenters. The Morgan fingerprint density at radius 2 is 2.14 bits per heavy atom. The number of pyridine rings is 1. The molecule has 22 heavy (non-hydrogen) atoms. The van der Waals surface area contributed by atoms with E-state index >= 15 is 0 Å². The maximum absolute atomic E-state index is 12.2. The predicted octanol–water partition coefficient (Wildman–Crippen LogP) is 1.12. The monoisotopic (exact) mass is 304 g/mol. The smallest absolute Gasteiger partial charge is 0.250 e. The van der Waals surface area contributed by atoms with Crippen molar-refractivity contribution in [2.45, 2.75) is 45.0 Å². The van der Waals surface area contributed by atoms with E-state index in [0.717, 1.165) is 5.56 Å². The van der Waals surface area contributed by atoms with Gasteiger partial charge in [0.15, 0.2) is 0 Å². The van der Waals surface area contributed by atoms with Gasteiger partial charge in [0.25, 0.3) is 0 Å². The number of hydrazine groups is 1. The van der Waals surface area contributed by atoms with Gasteiger partial charge in [-0.25, -0.2) is 10.9 Å². The first-order chi connectivity index (χ1) is 10.6. The molecule has 1 aromatic heterocycles. The Morgan fingerprint density at radius 1 is 1.41 bits per heavy atom. The molecule has 0 radical (unpaired) electrons. The lowest BCUT2D eigenvalue weighted by Crippen LogP contribution is -2.49. The zero-order valence-electron chi connectivity index (χ0n) is 13.1. The molecule has 2 aliphatic rings. The highest BCUT2D eigenvalue weighted by Crippen LogP contribution is 2.29. The van der Waals surface area contributed by atoms with Crippen LogP contribution in [0.5, 0.6) is 0 Å². The van der Waals surface area contributed by atoms with Crippen molar-refractivity contribution in [2.75, 3.05) is 6.61 Å². The van der Waals surface area contributed by atoms with Gasteiger partial charge in [0.05, 0.1) is 18.8 Å². The summed E-state index contributed by atoms with van der Waals surface area (Å²) in [6.07, 6.45) is 5.50. The summed E-state index contributed by atoms with van der Waals surface area (Å²) in [5.41, 5.74) is 7.56. The number of carbonyl (C=O) groups excluding carboxylic acids is 1. The Morgan fingerprint density at radius 3 is 2.82 bits per heavy atom. The van der Waals surface area contributed by atoms with Crippen molar-refractivity contribution in [1.82, 2.24) is 21.2 Å². The molecule has 3 N–H and O–H groups in total. The lowest BCUT2D eigenvalue weighted by Gasteiger charge is -2.21. The standard InChI is InChI=1S/C16H24N4O2/c1-10-14(13-5-7-17-8-6-13)19-20-15(10)18-16(21)11(2)22-9-12-3-4-12/h5-8,10-12,14-15,19-20H,3-4,9H2,1-2H3,(H,18,21). The molecule has 3 rings (SSSR count). The van der Waals surface area contributed by atoms with Crippen LogP contribution in [0.15, 0.2) is 24.5 Å². The van der Waals surface area contributed by atoms with E-state index in [9.17, 15) is 4.79 Å². The second-order valence-corrected chi connectivity index (χ2v) is 6.31. The fourth-order valence-corrected chi connectivity index (χ4v) is 2.67. The second kappa shape index (κ2) is 6.73. The Bertz CT molecular complexity index is 506. The van der Waals surface area contributed by atoms with Crippen LogP contribution < -0.4 is 16.2 Å². The molecular weight excluding hydrogens is 280 g/mol. The summed E-state index contributed by atoms with van der Waals surface area (Å²) in [5, 5.41) is 3.02. The first kappa shape index (κ1) is 15.4. The Kier molecular flexibility index (Phi) is 4.71. The molecule has 2 fully saturated rings. The van der Waals surface area contributed by atoms with Crippen molar-refractivity contribution in [2.24, 2.45) is 11.8 Å². The van der Waals surface area contributed by atoms with Crippen molar-refractivity contribution in [3.8, 4) is 0 Å². The molecule has 1 amide bonds. The molecule has 2 heterocycles. The molecule has 1 aliphatic carbocycles. The van der Waals surface area contributed by atoms with Gasteiger partial charge in [-0.1, -0.05) is 6.92 Å². The minimum absolute atomic E-state index is 0.0674. The van der Waals surface area contributed by atoms with Gasteiger partial charge in [0, 0.05) is 18.3 Å². The largest absolute Gasteiger partial charge is 0.368 e. The summed E-state index contributed by atoms with van der Waals surface area (Å²) >= 11 is 0. The molecule has 120 valence electrons. The number of hydrogen-bond donors (Lipinski definition) is 3. The van der Waals surface area contributed by atoms with Gasteiger partial charge in [0.2, 0.25) is 5.91 Å². The molecule has 0 bridgehead atoms. The van der Waals surface area contributed by atoms with Crippen LogP contribution in [-0.2, 0) is 9.53 Å². The zero-order valence-corrected chi connectivity index (χ0v) is 13.1. The van der Waals surface area contributed by atoms with Crippen LogP contribution in [-0.4, -0.2) is 29.8 Å². The average Bonchev–Trinajstić information content (AvgIpc) is 3.30. The molecule has 4 unspecified atom stereocenters. The van der Waals surface area contributed by atoms with Crippen molar-refractivity contribution in [3.05, 3.63) is 30.1 Å². The first-order valence-electron chi connectivity index (χ1n) is 7.98. The van der Waals surface area contributed by atoms with Crippen molar-refractivity contribution in [1.29, 1.82) is 0 Å². The van der Waals surface area contributed by atoms with Crippen molar-refractivity contribution < 1.29 is 9.53 Å². The van der Waals surface area contributed by atoms with E-state index in [0.29, 0.717) is 12.5 Å². The molecule has 0 aromatic carbocycles. The summed E-state index contributed by atoms with van der Waals surface area (Å²) in [5.74, 6) is 0.820. The summed E-state index contributed by atoms with van der Waals surface area (Å²) in [6, 6.07) is 4.12. The fraction of sp³-hybridized carbons (Fsp3) is 0.625. The Balaban J connectivity index is 1.51. The lowest BCUT2D eigenvalue weighted by molar-refractivity contribution is -0.133. The quantitative estimate of drug-likeness (QED) is 0.734. The predicted molar refractivity (Wildman–Crippen MR) is 82.5 cm³/mol. The number of hydrogen-bond acceptors (Lipinski definition) is 5. The fourth-order valence-electron chi connectivity index (χ4n) is 2.67. The average molecular weight is 304 g/mol. The Hall–Kier alpha value is -1.50. The van der Waals surface area contributed by atoms with E-state index in [-0.39, 0.29) is 24.0 Å². The lowest BCUT2D eigenvalue weighted by atomic mass is 9.95. The minimum atomic E-state index is -0.408. The molecule has 1 saturated heterocycles. The third-order valence-corrected chi connectivity index (χ3v) is 4.46. The maximum Gasteiger partial charge on any atom is 0.250 e. The number of nitrogens with zero attached hydrogens (tertiary/aromatic N) is 1. The van der Waals surface area contributed by atoms with E-state index in [1.807, 2.05) is 19.1 Å². The summed E-state index contributed by atoms with van der Waals surface area (Å²) in [6.45, 7) is 4.62. The zero-order chi connectivity index (χ0) is 15.5. The van der Waals surface area contributed by atoms with Gasteiger partial charge in [-0.3, -0.25) is 9.78 Å². The molecule has 1 saturated carbocycles. The van der Waals surface area contributed by atoms with E-state index in [1.165, 1.54) is 12.8 Å². The van der Waals surface area contributed by atoms with Gasteiger partial charge in [-0.05, 0) is 43.4 Å². The van der Waals surface area contributed by atoms with Crippen LogP contribution in [0.1, 0.15) is 38.3 Å². The highest BCUT2D eigenvalue weighted by molar-refractivity contribution is 5.80. The maximum atomic E-state index is 12.2. The molecule has 6 nitrogen and oxygen atoms in total. The number of aromatic nitrogens is 1. The molecule has 1 aliphatic heterocycles. The second-order valence-electron chi connectivity index (χ2n) is 6.31. The molecule has 6 heteroatoms. The van der Waals surface area contributed by atoms with Crippen LogP contribution in [0, 0.1) is 11.8 Å². The Labute approximate surface area is 131 Å². The highest BCUT2D eigenvalue weighted by atomic mass is 16.5. The van der Waals surface area contributed by atoms with Crippen molar-refractivity contribution >= 4 is 5.91 Å². The minimum Gasteiger partial charge on any atom is -0.368 e. The topological polar surface area (TPSA) is 75.3 Å². The first-order valence-corrected chi connectivity index (χ1v) is 7.98. The van der Waals surface area contributed by atoms with E-state index in [2.05, 4.69) is 28.1 Å². The number of amides is 1. The third kappa shape index (κ3) is 3.63. The van der Waals surface area contributed by atoms with Gasteiger partial charge in [0.1, 0.15) is 6.10 Å². The van der Waals surface area contributed by atoms with Crippen LogP contribution >= 0.6 is 0 Å². The van der Waals surface area contributed by atoms with Crippen LogP contribution in [0.2, 0.25) is 0 Å². The third-order valence-electron chi connectivity index (χ3n) is 4.46. The highest BCUT2D eigenvalue weighted by Gasteiger charge is 2.35. The molecule has 0 spiro atoms. The normalized spacial score (nSPS) is 29.3. The number of ether oxygens (including phenoxy) is 1. The number of nitrogens with one attached hydrogen (secondary N) is 3. The van der Waals surface area contributed by atoms with Crippen LogP contribution in [0.3, 0.4) is 0 Å². The van der Waals surface area contributed by atoms with E-state index in [4.69, 9.17) is 4.74 Å². The van der Waals surface area contributed by atoms with Crippen molar-refractivity contribution in [3.63, 3.8) is 0 Å². The van der Waals surface area contributed by atoms with E-state index in [1.54, 1.807) is 12.4 Å². The van der Waals surface area contributed by atoms with E-state index < -0.39 is 6.10 Å². The van der Waals surface area contributed by atoms with Crippen LogP contribution in [0.4, 0.5) is 0 Å². The van der Waals surface area contributed by atoms with Gasteiger partial charge >= 0.3 is 0 Å².